The molecule has 0 aromatic heterocycles. The van der Waals surface area contributed by atoms with Gasteiger partial charge in [0.15, 0.2) is 5.60 Å². The number of amides is 1. The number of carbonyl (C=O) groups is 2. The molecule has 0 aliphatic carbocycles. The monoisotopic (exact) mass is 237 g/mol. The minimum Gasteiger partial charge on any atom is -0.479 e. The highest BCUT2D eigenvalue weighted by Gasteiger charge is 2.41. The molecule has 0 heterocycles. The van der Waals surface area contributed by atoms with Gasteiger partial charge >= 0.3 is 12.1 Å². The molecule has 0 fully saturated rings. The predicted octanol–water partition coefficient (Wildman–Crippen LogP) is 0.295. The number of aliphatic carboxylic acids is 1. The summed E-state index contributed by atoms with van der Waals surface area (Å²) in [6, 6.07) is -1.56. The molecule has 0 bridgehead atoms. The van der Waals surface area contributed by atoms with Gasteiger partial charge < -0.3 is 20.3 Å². The molecular weight excluding hydrogens is 221 g/mol. The van der Waals surface area contributed by atoms with Crippen LogP contribution >= 0.6 is 0 Å². The fourth-order valence-electron chi connectivity index (χ4n) is 0.869. The van der Waals surface area contributed by atoms with Gasteiger partial charge in [0, 0.05) is 0 Å². The summed E-state index contributed by atoms with van der Waals surface area (Å²) in [5, 5.41) is 20.0. The molecule has 0 radical (unpaired) electrons. The molecule has 2 atom stereocenters. The van der Waals surface area contributed by atoms with Gasteiger partial charge in [0.05, 0.1) is 12.1 Å². The summed E-state index contributed by atoms with van der Waals surface area (Å²) in [6.07, 6.45) is -1.39. The number of ether oxygens (including phenoxy) is 1. The minimum absolute atomic E-state index is 0.421. The van der Waals surface area contributed by atoms with Crippen molar-refractivity contribution in [1.82, 2.24) is 5.32 Å². The number of halogens is 1. The molecule has 0 spiro atoms. The molecule has 0 unspecified atom stereocenters. The van der Waals surface area contributed by atoms with Gasteiger partial charge in [-0.25, -0.2) is 14.0 Å². The molecule has 7 heteroatoms. The zero-order valence-corrected chi connectivity index (χ0v) is 9.36. The third kappa shape index (κ3) is 4.01. The first-order valence-electron chi connectivity index (χ1n) is 4.70. The van der Waals surface area contributed by atoms with Crippen LogP contribution in [0.1, 0.15) is 20.8 Å². The Labute approximate surface area is 92.4 Å². The highest BCUT2D eigenvalue weighted by atomic mass is 19.1. The molecule has 0 aliphatic heterocycles. The third-order valence-corrected chi connectivity index (χ3v) is 1.90. The maximum Gasteiger partial charge on any atom is 0.407 e. The van der Waals surface area contributed by atoms with Crippen LogP contribution in [-0.2, 0) is 9.53 Å². The number of aliphatic hydroxyl groups is 1. The molecule has 94 valence electrons. The van der Waals surface area contributed by atoms with E-state index in [1.165, 1.54) is 0 Å². The van der Waals surface area contributed by atoms with Gasteiger partial charge in [0.25, 0.3) is 0 Å². The van der Waals surface area contributed by atoms with Crippen molar-refractivity contribution in [1.29, 1.82) is 0 Å². The van der Waals surface area contributed by atoms with Crippen LogP contribution in [0.2, 0.25) is 0 Å². The Bertz CT molecular complexity index is 267. The van der Waals surface area contributed by atoms with Crippen molar-refractivity contribution in [3.05, 3.63) is 0 Å². The van der Waals surface area contributed by atoms with Crippen LogP contribution in [0.25, 0.3) is 0 Å². The molecule has 0 saturated carbocycles. The quantitative estimate of drug-likeness (QED) is 0.639. The number of alkyl carbamates (subject to hydrolysis) is 1. The molecule has 16 heavy (non-hydrogen) atoms. The van der Waals surface area contributed by atoms with E-state index in [0.29, 0.717) is 0 Å². The topological polar surface area (TPSA) is 95.9 Å². The van der Waals surface area contributed by atoms with Gasteiger partial charge in [-0.2, -0.15) is 0 Å². The molecule has 0 aliphatic rings. The number of hydrogen-bond donors (Lipinski definition) is 3. The Morgan fingerprint density at radius 2 is 2.00 bits per heavy atom. The first-order chi connectivity index (χ1) is 7.21. The Balaban J connectivity index is 4.52. The van der Waals surface area contributed by atoms with Crippen LogP contribution < -0.4 is 5.32 Å². The Kier molecular flexibility index (Phi) is 5.16. The number of carboxylic acids is 1. The maximum atomic E-state index is 12.5. The van der Waals surface area contributed by atoms with Crippen LogP contribution in [-0.4, -0.2) is 46.7 Å². The van der Waals surface area contributed by atoms with Crippen molar-refractivity contribution in [2.45, 2.75) is 38.5 Å². The highest BCUT2D eigenvalue weighted by molar-refractivity contribution is 5.79. The SMILES string of the molecule is CC(C)OC(=O)N[C@@H](CF)[C@@](C)(O)C(=O)O. The number of hydrogen-bond acceptors (Lipinski definition) is 4. The molecular formula is C9H16FNO5. The third-order valence-electron chi connectivity index (χ3n) is 1.90. The summed E-state index contributed by atoms with van der Waals surface area (Å²) in [6.45, 7) is 2.85. The van der Waals surface area contributed by atoms with Crippen LogP contribution in [0.5, 0.6) is 0 Å². The summed E-state index contributed by atoms with van der Waals surface area (Å²) in [4.78, 5) is 21.7. The summed E-state index contributed by atoms with van der Waals surface area (Å²) >= 11 is 0. The number of nitrogens with one attached hydrogen (secondary N) is 1. The number of carbonyl (C=O) groups excluding carboxylic acids is 1. The van der Waals surface area contributed by atoms with Crippen molar-refractivity contribution < 1.29 is 28.9 Å². The van der Waals surface area contributed by atoms with Crippen LogP contribution in [0.4, 0.5) is 9.18 Å². The van der Waals surface area contributed by atoms with E-state index in [1.54, 1.807) is 13.8 Å². The van der Waals surface area contributed by atoms with Gasteiger partial charge in [0.2, 0.25) is 0 Å². The smallest absolute Gasteiger partial charge is 0.407 e. The zero-order chi connectivity index (χ0) is 12.9. The number of alkyl halides is 1. The van der Waals surface area contributed by atoms with Gasteiger partial charge in [-0.05, 0) is 20.8 Å². The minimum atomic E-state index is -2.38. The highest BCUT2D eigenvalue weighted by Crippen LogP contribution is 2.11. The number of rotatable bonds is 5. The first kappa shape index (κ1) is 14.6. The lowest BCUT2D eigenvalue weighted by Crippen LogP contribution is -2.57. The lowest BCUT2D eigenvalue weighted by molar-refractivity contribution is -0.160. The predicted molar refractivity (Wildman–Crippen MR) is 52.8 cm³/mol. The normalized spacial score (nSPS) is 16.4. The van der Waals surface area contributed by atoms with E-state index in [2.05, 4.69) is 4.74 Å². The van der Waals surface area contributed by atoms with Crippen molar-refractivity contribution in [3.63, 3.8) is 0 Å². The largest absolute Gasteiger partial charge is 0.479 e. The molecule has 3 N–H and O–H groups in total. The van der Waals surface area contributed by atoms with Crippen molar-refractivity contribution in [2.24, 2.45) is 0 Å². The summed E-state index contributed by atoms with van der Waals surface area (Å²) in [5.41, 5.74) is -2.38. The average Bonchev–Trinajstić information content (AvgIpc) is 2.12. The standard InChI is InChI=1S/C9H16FNO5/c1-5(2)16-8(14)11-6(4-10)9(3,15)7(12)13/h5-6,15H,4H2,1-3H3,(H,11,14)(H,12,13)/t6-,9+/m0/s1. The van der Waals surface area contributed by atoms with Gasteiger partial charge in [-0.1, -0.05) is 0 Å². The molecule has 6 nitrogen and oxygen atoms in total. The van der Waals surface area contributed by atoms with Crippen molar-refractivity contribution in [2.75, 3.05) is 6.67 Å². The Morgan fingerprint density at radius 3 is 2.31 bits per heavy atom. The van der Waals surface area contributed by atoms with Crippen LogP contribution in [0, 0.1) is 0 Å². The maximum absolute atomic E-state index is 12.5. The summed E-state index contributed by atoms with van der Waals surface area (Å²) in [7, 11) is 0. The Morgan fingerprint density at radius 1 is 1.50 bits per heavy atom. The van der Waals surface area contributed by atoms with E-state index in [-0.39, 0.29) is 0 Å². The average molecular weight is 237 g/mol. The van der Waals surface area contributed by atoms with E-state index in [0.717, 1.165) is 6.92 Å². The molecule has 0 saturated heterocycles. The molecule has 0 rings (SSSR count). The second-order valence-corrected chi connectivity index (χ2v) is 3.76. The van der Waals surface area contributed by atoms with Crippen LogP contribution in [0.3, 0.4) is 0 Å². The first-order valence-corrected chi connectivity index (χ1v) is 4.70. The lowest BCUT2D eigenvalue weighted by Gasteiger charge is -2.27. The summed E-state index contributed by atoms with van der Waals surface area (Å²) < 4.78 is 17.2. The van der Waals surface area contributed by atoms with Crippen molar-refractivity contribution in [3.8, 4) is 0 Å². The Hall–Kier alpha value is -1.37. The molecule has 1 amide bonds. The fraction of sp³-hybridized carbons (Fsp3) is 0.778. The number of carboxylic acid groups (broad SMARTS) is 1. The van der Waals surface area contributed by atoms with E-state index in [9.17, 15) is 19.1 Å². The van der Waals surface area contributed by atoms with E-state index in [4.69, 9.17) is 5.11 Å². The van der Waals surface area contributed by atoms with Crippen molar-refractivity contribution >= 4 is 12.1 Å². The van der Waals surface area contributed by atoms with E-state index < -0.39 is 36.5 Å². The fourth-order valence-corrected chi connectivity index (χ4v) is 0.869. The van der Waals surface area contributed by atoms with Crippen LogP contribution in [0.15, 0.2) is 0 Å². The van der Waals surface area contributed by atoms with E-state index >= 15 is 0 Å². The second-order valence-electron chi connectivity index (χ2n) is 3.76. The lowest BCUT2D eigenvalue weighted by atomic mass is 9.98. The van der Waals surface area contributed by atoms with Gasteiger partial charge in [-0.15, -0.1) is 0 Å². The van der Waals surface area contributed by atoms with Gasteiger partial charge in [-0.3, -0.25) is 0 Å². The zero-order valence-electron chi connectivity index (χ0n) is 9.36. The summed E-state index contributed by atoms with van der Waals surface area (Å²) in [5.74, 6) is -1.63. The van der Waals surface area contributed by atoms with Gasteiger partial charge in [0.1, 0.15) is 6.67 Å². The van der Waals surface area contributed by atoms with E-state index in [1.807, 2.05) is 5.32 Å². The molecule has 0 aromatic carbocycles. The second kappa shape index (κ2) is 5.64. The molecule has 0 aromatic rings.